The van der Waals surface area contributed by atoms with E-state index in [2.05, 4.69) is 6.58 Å². The Morgan fingerprint density at radius 1 is 1.50 bits per heavy atom. The second kappa shape index (κ2) is 3.76. The molecule has 1 saturated heterocycles. The maximum absolute atomic E-state index is 10.7. The molecule has 0 saturated carbocycles. The number of rotatable bonds is 1. The molecule has 3 heteroatoms. The Kier molecular flexibility index (Phi) is 2.69. The van der Waals surface area contributed by atoms with E-state index in [0.29, 0.717) is 11.5 Å². The van der Waals surface area contributed by atoms with Crippen molar-refractivity contribution in [2.45, 2.75) is 6.92 Å². The molecule has 0 amide bonds. The molecule has 1 heterocycles. The molecule has 1 fully saturated rings. The summed E-state index contributed by atoms with van der Waals surface area (Å²) in [5, 5.41) is 0. The van der Waals surface area contributed by atoms with E-state index in [4.69, 9.17) is 9.47 Å². The number of ether oxygens (including phenoxy) is 2. The molecule has 0 atom stereocenters. The molecule has 3 nitrogen and oxygen atoms in total. The van der Waals surface area contributed by atoms with Crippen molar-refractivity contribution in [1.29, 1.82) is 0 Å². The molecule has 0 aromatic rings. The number of hydrogen-bond acceptors (Lipinski definition) is 3. The molecule has 0 aliphatic carbocycles. The third-order valence-electron chi connectivity index (χ3n) is 1.34. The van der Waals surface area contributed by atoms with Crippen molar-refractivity contribution in [1.82, 2.24) is 0 Å². The summed E-state index contributed by atoms with van der Waals surface area (Å²) in [6.45, 7) is 5.26. The summed E-state index contributed by atoms with van der Waals surface area (Å²) >= 11 is 0. The summed E-state index contributed by atoms with van der Waals surface area (Å²) in [4.78, 5) is 10.7. The van der Waals surface area contributed by atoms with Gasteiger partial charge in [-0.2, -0.15) is 0 Å². The quantitative estimate of drug-likeness (QED) is 0.554. The largest absolute Gasteiger partial charge is 0.478 e. The topological polar surface area (TPSA) is 35.5 Å². The first kappa shape index (κ1) is 8.59. The van der Waals surface area contributed by atoms with Gasteiger partial charge in [-0.1, -0.05) is 12.7 Å². The molecule has 0 spiro atoms. The number of cyclic esters (lactones) is 1. The Balaban J connectivity index is 2.83. The zero-order valence-corrected chi connectivity index (χ0v) is 6.87. The highest BCUT2D eigenvalue weighted by Gasteiger charge is 2.19. The van der Waals surface area contributed by atoms with Crippen LogP contribution in [0.3, 0.4) is 0 Å². The van der Waals surface area contributed by atoms with Crippen molar-refractivity contribution >= 4 is 5.97 Å². The molecule has 0 aromatic carbocycles. The molecule has 64 valence electrons. The van der Waals surface area contributed by atoms with Gasteiger partial charge in [-0.25, -0.2) is 4.79 Å². The van der Waals surface area contributed by atoms with Crippen LogP contribution in [0.5, 0.6) is 0 Å². The molecule has 0 unspecified atom stereocenters. The number of carbonyl (C=O) groups excluding carboxylic acids is 1. The van der Waals surface area contributed by atoms with Crippen LogP contribution in [0.15, 0.2) is 36.3 Å². The molecule has 1 aliphatic heterocycles. The molecule has 1 rings (SSSR count). The standard InChI is InChI=1S/C9H10O3/c1-3-5-8-7(4-2)12-9(10)6-11-8/h3-5H,1,6H2,2H3/b7-4+,8-5+. The van der Waals surface area contributed by atoms with E-state index in [1.54, 1.807) is 25.2 Å². The average Bonchev–Trinajstić information content (AvgIpc) is 2.08. The summed E-state index contributed by atoms with van der Waals surface area (Å²) in [7, 11) is 0. The van der Waals surface area contributed by atoms with Crippen molar-refractivity contribution in [3.63, 3.8) is 0 Å². The highest BCUT2D eigenvalue weighted by molar-refractivity contribution is 5.74. The molecule has 0 bridgehead atoms. The molecule has 12 heavy (non-hydrogen) atoms. The van der Waals surface area contributed by atoms with Crippen LogP contribution in [0.1, 0.15) is 6.92 Å². The van der Waals surface area contributed by atoms with E-state index in [1.165, 1.54) is 0 Å². The van der Waals surface area contributed by atoms with Crippen molar-refractivity contribution in [2.75, 3.05) is 6.61 Å². The van der Waals surface area contributed by atoms with Crippen LogP contribution in [-0.4, -0.2) is 12.6 Å². The van der Waals surface area contributed by atoms with Crippen LogP contribution < -0.4 is 0 Å². The highest BCUT2D eigenvalue weighted by Crippen LogP contribution is 2.18. The summed E-state index contributed by atoms with van der Waals surface area (Å²) in [5.74, 6) is 0.627. The van der Waals surface area contributed by atoms with Crippen LogP contribution >= 0.6 is 0 Å². The maximum atomic E-state index is 10.7. The molecule has 1 aliphatic rings. The first-order valence-electron chi connectivity index (χ1n) is 3.61. The first-order chi connectivity index (χ1) is 5.77. The Morgan fingerprint density at radius 2 is 2.25 bits per heavy atom. The first-order valence-corrected chi connectivity index (χ1v) is 3.61. The predicted molar refractivity (Wildman–Crippen MR) is 44.1 cm³/mol. The van der Waals surface area contributed by atoms with Gasteiger partial charge in [-0.15, -0.1) is 0 Å². The summed E-state index contributed by atoms with van der Waals surface area (Å²) in [6.07, 6.45) is 4.91. The third kappa shape index (κ3) is 1.75. The molecule has 0 radical (unpaired) electrons. The minimum Gasteiger partial charge on any atom is -0.478 e. The molecule has 0 aromatic heterocycles. The monoisotopic (exact) mass is 166 g/mol. The maximum Gasteiger partial charge on any atom is 0.349 e. The fraction of sp³-hybridized carbons (Fsp3) is 0.222. The van der Waals surface area contributed by atoms with E-state index in [9.17, 15) is 4.79 Å². The number of carbonyl (C=O) groups is 1. The summed E-state index contributed by atoms with van der Waals surface area (Å²) in [6, 6.07) is 0. The summed E-state index contributed by atoms with van der Waals surface area (Å²) in [5.41, 5.74) is 0. The highest BCUT2D eigenvalue weighted by atomic mass is 16.6. The van der Waals surface area contributed by atoms with Crippen LogP contribution in [0.25, 0.3) is 0 Å². The van der Waals surface area contributed by atoms with Crippen molar-refractivity contribution in [2.24, 2.45) is 0 Å². The van der Waals surface area contributed by atoms with E-state index < -0.39 is 0 Å². The zero-order valence-electron chi connectivity index (χ0n) is 6.87. The van der Waals surface area contributed by atoms with E-state index in [0.717, 1.165) is 0 Å². The van der Waals surface area contributed by atoms with Gasteiger partial charge in [-0.3, -0.25) is 0 Å². The second-order valence-electron chi connectivity index (χ2n) is 2.18. The zero-order chi connectivity index (χ0) is 8.97. The van der Waals surface area contributed by atoms with Gasteiger partial charge in [0.1, 0.15) is 0 Å². The van der Waals surface area contributed by atoms with Crippen LogP contribution in [0.2, 0.25) is 0 Å². The molecular weight excluding hydrogens is 156 g/mol. The second-order valence-corrected chi connectivity index (χ2v) is 2.18. The van der Waals surface area contributed by atoms with Crippen molar-refractivity contribution in [3.05, 3.63) is 36.3 Å². The van der Waals surface area contributed by atoms with Crippen LogP contribution in [0.4, 0.5) is 0 Å². The average molecular weight is 166 g/mol. The smallest absolute Gasteiger partial charge is 0.349 e. The predicted octanol–water partition coefficient (Wildman–Crippen LogP) is 1.53. The Morgan fingerprint density at radius 3 is 2.83 bits per heavy atom. The van der Waals surface area contributed by atoms with Gasteiger partial charge >= 0.3 is 5.97 Å². The third-order valence-corrected chi connectivity index (χ3v) is 1.34. The Hall–Kier alpha value is -1.51. The molecule has 0 N–H and O–H groups in total. The number of hydrogen-bond donors (Lipinski definition) is 0. The fourth-order valence-electron chi connectivity index (χ4n) is 0.849. The van der Waals surface area contributed by atoms with Crippen LogP contribution in [-0.2, 0) is 14.3 Å². The van der Waals surface area contributed by atoms with Gasteiger partial charge in [0.2, 0.25) is 0 Å². The van der Waals surface area contributed by atoms with Gasteiger partial charge in [0.25, 0.3) is 0 Å². The van der Waals surface area contributed by atoms with Gasteiger partial charge in [0.05, 0.1) is 0 Å². The minimum absolute atomic E-state index is 0.0307. The number of esters is 1. The lowest BCUT2D eigenvalue weighted by molar-refractivity contribution is -0.147. The van der Waals surface area contributed by atoms with Gasteiger partial charge in [0.15, 0.2) is 18.1 Å². The SMILES string of the molecule is C=C/C=C1/OCC(=O)O/C1=C/C. The Bertz CT molecular complexity index is 261. The van der Waals surface area contributed by atoms with E-state index >= 15 is 0 Å². The van der Waals surface area contributed by atoms with Gasteiger partial charge in [0, 0.05) is 0 Å². The van der Waals surface area contributed by atoms with Gasteiger partial charge in [-0.05, 0) is 19.1 Å². The number of allylic oxidation sites excluding steroid dienone is 3. The molecular formula is C9H10O3. The lowest BCUT2D eigenvalue weighted by atomic mass is 10.3. The van der Waals surface area contributed by atoms with E-state index in [1.807, 2.05) is 0 Å². The summed E-state index contributed by atoms with van der Waals surface area (Å²) < 4.78 is 9.96. The lowest BCUT2D eigenvalue weighted by Gasteiger charge is -2.17. The van der Waals surface area contributed by atoms with Gasteiger partial charge < -0.3 is 9.47 Å². The van der Waals surface area contributed by atoms with Crippen molar-refractivity contribution in [3.8, 4) is 0 Å². The minimum atomic E-state index is -0.371. The van der Waals surface area contributed by atoms with E-state index in [-0.39, 0.29) is 12.6 Å². The fourth-order valence-corrected chi connectivity index (χ4v) is 0.849. The normalized spacial score (nSPS) is 23.6. The van der Waals surface area contributed by atoms with Crippen molar-refractivity contribution < 1.29 is 14.3 Å². The lowest BCUT2D eigenvalue weighted by Crippen LogP contribution is -2.20. The van der Waals surface area contributed by atoms with Crippen LogP contribution in [0, 0.1) is 0 Å². The Labute approximate surface area is 71.0 Å².